The third-order valence-corrected chi connectivity index (χ3v) is 3.21. The minimum Gasteiger partial charge on any atom is -0.463 e. The van der Waals surface area contributed by atoms with E-state index in [0.29, 0.717) is 6.42 Å². The first-order chi connectivity index (χ1) is 10.0. The SMILES string of the molecule is CCCC(=O)OC[C@H]1O[C@@H](n2cccnc2=O)[C@@H](O)[C@H]1O. The van der Waals surface area contributed by atoms with E-state index in [-0.39, 0.29) is 13.0 Å². The number of rotatable bonds is 5. The third kappa shape index (κ3) is 3.46. The second kappa shape index (κ2) is 6.79. The number of nitrogens with zero attached hydrogens (tertiary/aromatic N) is 2. The van der Waals surface area contributed by atoms with Crippen LogP contribution in [0.5, 0.6) is 0 Å². The number of aliphatic hydroxyl groups is 2. The molecule has 116 valence electrons. The van der Waals surface area contributed by atoms with Crippen molar-refractivity contribution in [3.8, 4) is 0 Å². The molecule has 0 radical (unpaired) electrons. The van der Waals surface area contributed by atoms with Crippen molar-refractivity contribution >= 4 is 5.97 Å². The van der Waals surface area contributed by atoms with Crippen LogP contribution in [0.1, 0.15) is 26.0 Å². The molecule has 1 aromatic rings. The lowest BCUT2D eigenvalue weighted by Crippen LogP contribution is -2.36. The van der Waals surface area contributed by atoms with E-state index in [1.807, 2.05) is 6.92 Å². The summed E-state index contributed by atoms with van der Waals surface area (Å²) >= 11 is 0. The fraction of sp³-hybridized carbons (Fsp3) is 0.615. The van der Waals surface area contributed by atoms with Crippen LogP contribution in [0.25, 0.3) is 0 Å². The molecular formula is C13H18N2O6. The summed E-state index contributed by atoms with van der Waals surface area (Å²) in [6, 6.07) is 1.51. The fourth-order valence-corrected chi connectivity index (χ4v) is 2.11. The molecule has 0 unspecified atom stereocenters. The lowest BCUT2D eigenvalue weighted by molar-refractivity contribution is -0.150. The van der Waals surface area contributed by atoms with Crippen LogP contribution in [0.4, 0.5) is 0 Å². The van der Waals surface area contributed by atoms with Crippen LogP contribution in [0, 0.1) is 0 Å². The standard InChI is InChI=1S/C13H18N2O6/c1-2-4-9(16)20-7-8-10(17)11(18)12(21-8)15-6-3-5-14-13(15)19/h3,5-6,8,10-12,17-18H,2,4,7H2,1H3/t8-,10+,11+,12-/m1/s1. The van der Waals surface area contributed by atoms with Crippen LogP contribution in [0.2, 0.25) is 0 Å². The maximum Gasteiger partial charge on any atom is 0.349 e. The van der Waals surface area contributed by atoms with Gasteiger partial charge >= 0.3 is 11.7 Å². The smallest absolute Gasteiger partial charge is 0.349 e. The average molecular weight is 298 g/mol. The molecule has 2 rings (SSSR count). The Morgan fingerprint density at radius 3 is 2.90 bits per heavy atom. The topological polar surface area (TPSA) is 111 Å². The van der Waals surface area contributed by atoms with Crippen molar-refractivity contribution in [1.82, 2.24) is 9.55 Å². The molecule has 0 saturated carbocycles. The number of carbonyl (C=O) groups excluding carboxylic acids is 1. The highest BCUT2D eigenvalue weighted by Crippen LogP contribution is 2.28. The van der Waals surface area contributed by atoms with Crippen LogP contribution in [0.3, 0.4) is 0 Å². The molecule has 8 nitrogen and oxygen atoms in total. The zero-order valence-corrected chi connectivity index (χ0v) is 11.6. The molecule has 1 aliphatic heterocycles. The number of hydrogen-bond acceptors (Lipinski definition) is 7. The van der Waals surface area contributed by atoms with Crippen molar-refractivity contribution in [2.45, 2.75) is 44.3 Å². The fourth-order valence-electron chi connectivity index (χ4n) is 2.11. The molecule has 1 saturated heterocycles. The molecule has 4 atom stereocenters. The molecule has 21 heavy (non-hydrogen) atoms. The van der Waals surface area contributed by atoms with E-state index < -0.39 is 36.2 Å². The van der Waals surface area contributed by atoms with Gasteiger partial charge in [0.25, 0.3) is 0 Å². The van der Waals surface area contributed by atoms with E-state index in [1.165, 1.54) is 18.5 Å². The van der Waals surface area contributed by atoms with Gasteiger partial charge in [0.1, 0.15) is 24.9 Å². The summed E-state index contributed by atoms with van der Waals surface area (Å²) in [6.45, 7) is 1.67. The van der Waals surface area contributed by atoms with Gasteiger partial charge in [-0.25, -0.2) is 9.78 Å². The molecular weight excluding hydrogens is 280 g/mol. The molecule has 1 aromatic heterocycles. The van der Waals surface area contributed by atoms with E-state index in [1.54, 1.807) is 0 Å². The Hall–Kier alpha value is -1.77. The van der Waals surface area contributed by atoms with Gasteiger partial charge in [0, 0.05) is 18.8 Å². The Morgan fingerprint density at radius 1 is 1.48 bits per heavy atom. The second-order valence-electron chi connectivity index (χ2n) is 4.79. The first-order valence-corrected chi connectivity index (χ1v) is 6.75. The molecule has 2 N–H and O–H groups in total. The summed E-state index contributed by atoms with van der Waals surface area (Å²) in [5.41, 5.74) is -0.600. The van der Waals surface area contributed by atoms with Crippen LogP contribution in [-0.4, -0.2) is 50.7 Å². The van der Waals surface area contributed by atoms with Crippen LogP contribution in [0.15, 0.2) is 23.3 Å². The summed E-state index contributed by atoms with van der Waals surface area (Å²) in [5.74, 6) is -0.398. The van der Waals surface area contributed by atoms with Gasteiger partial charge in [-0.3, -0.25) is 9.36 Å². The highest BCUT2D eigenvalue weighted by Gasteiger charge is 2.44. The predicted molar refractivity (Wildman–Crippen MR) is 70.3 cm³/mol. The molecule has 8 heteroatoms. The van der Waals surface area contributed by atoms with Gasteiger partial charge in [0.15, 0.2) is 6.23 Å². The summed E-state index contributed by atoms with van der Waals surface area (Å²) in [5, 5.41) is 19.9. The minimum absolute atomic E-state index is 0.178. The van der Waals surface area contributed by atoms with Gasteiger partial charge < -0.3 is 19.7 Å². The summed E-state index contributed by atoms with van der Waals surface area (Å²) in [6.07, 6.45) is -0.852. The van der Waals surface area contributed by atoms with E-state index in [4.69, 9.17) is 9.47 Å². The first kappa shape index (κ1) is 15.6. The molecule has 0 aromatic carbocycles. The zero-order valence-electron chi connectivity index (χ0n) is 11.6. The van der Waals surface area contributed by atoms with Crippen molar-refractivity contribution in [2.24, 2.45) is 0 Å². The Balaban J connectivity index is 2.03. The van der Waals surface area contributed by atoms with Crippen LogP contribution >= 0.6 is 0 Å². The molecule has 2 heterocycles. The van der Waals surface area contributed by atoms with Gasteiger partial charge in [-0.05, 0) is 12.5 Å². The van der Waals surface area contributed by atoms with E-state index in [0.717, 1.165) is 4.57 Å². The number of hydrogen-bond donors (Lipinski definition) is 2. The summed E-state index contributed by atoms with van der Waals surface area (Å²) < 4.78 is 11.5. The lowest BCUT2D eigenvalue weighted by atomic mass is 10.1. The highest BCUT2D eigenvalue weighted by atomic mass is 16.6. The number of aliphatic hydroxyl groups excluding tert-OH is 2. The Labute approximate surface area is 120 Å². The van der Waals surface area contributed by atoms with E-state index >= 15 is 0 Å². The summed E-state index contributed by atoms with van der Waals surface area (Å²) in [4.78, 5) is 26.5. The van der Waals surface area contributed by atoms with E-state index in [2.05, 4.69) is 4.98 Å². The number of carbonyl (C=O) groups is 1. The minimum atomic E-state index is -1.30. The maximum absolute atomic E-state index is 11.6. The number of aromatic nitrogens is 2. The van der Waals surface area contributed by atoms with E-state index in [9.17, 15) is 19.8 Å². The molecule has 0 bridgehead atoms. The van der Waals surface area contributed by atoms with Crippen molar-refractivity contribution in [3.63, 3.8) is 0 Å². The Bertz CT molecular complexity index is 545. The third-order valence-electron chi connectivity index (χ3n) is 3.21. The van der Waals surface area contributed by atoms with Gasteiger partial charge in [0.05, 0.1) is 0 Å². The molecule has 0 aliphatic carbocycles. The van der Waals surface area contributed by atoms with Crippen molar-refractivity contribution in [1.29, 1.82) is 0 Å². The number of esters is 1. The van der Waals surface area contributed by atoms with Crippen molar-refractivity contribution < 1.29 is 24.5 Å². The molecule has 0 spiro atoms. The van der Waals surface area contributed by atoms with Gasteiger partial charge in [-0.15, -0.1) is 0 Å². The average Bonchev–Trinajstić information content (AvgIpc) is 2.74. The largest absolute Gasteiger partial charge is 0.463 e. The van der Waals surface area contributed by atoms with Crippen LogP contribution in [-0.2, 0) is 14.3 Å². The molecule has 1 fully saturated rings. The Kier molecular flexibility index (Phi) is 5.05. The van der Waals surface area contributed by atoms with Crippen molar-refractivity contribution in [2.75, 3.05) is 6.61 Å². The van der Waals surface area contributed by atoms with Gasteiger partial charge in [-0.2, -0.15) is 0 Å². The lowest BCUT2D eigenvalue weighted by Gasteiger charge is -2.16. The van der Waals surface area contributed by atoms with Crippen LogP contribution < -0.4 is 5.69 Å². The number of ether oxygens (including phenoxy) is 2. The molecule has 0 amide bonds. The molecule has 1 aliphatic rings. The maximum atomic E-state index is 11.6. The Morgan fingerprint density at radius 2 is 2.24 bits per heavy atom. The quantitative estimate of drug-likeness (QED) is 0.685. The monoisotopic (exact) mass is 298 g/mol. The predicted octanol–water partition coefficient (Wildman–Crippen LogP) is -0.794. The van der Waals surface area contributed by atoms with Gasteiger partial charge in [0.2, 0.25) is 0 Å². The van der Waals surface area contributed by atoms with Gasteiger partial charge in [-0.1, -0.05) is 6.92 Å². The highest BCUT2D eigenvalue weighted by molar-refractivity contribution is 5.69. The normalized spacial score (nSPS) is 28.5. The first-order valence-electron chi connectivity index (χ1n) is 6.75. The van der Waals surface area contributed by atoms with Crippen molar-refractivity contribution in [3.05, 3.63) is 28.9 Å². The summed E-state index contributed by atoms with van der Waals surface area (Å²) in [7, 11) is 0. The second-order valence-corrected chi connectivity index (χ2v) is 4.79. The zero-order chi connectivity index (χ0) is 15.4.